The molecule has 1 aromatic heterocycles. The second kappa shape index (κ2) is 10.2. The number of aryl methyl sites for hydroxylation is 1. The molecule has 10 nitrogen and oxygen atoms in total. The molecule has 2 amide bonds. The molecule has 0 radical (unpaired) electrons. The Morgan fingerprint density at radius 1 is 1.35 bits per heavy atom. The van der Waals surface area contributed by atoms with Crippen molar-refractivity contribution in [2.24, 2.45) is 5.41 Å². The quantitative estimate of drug-likeness (QED) is 0.595. The summed E-state index contributed by atoms with van der Waals surface area (Å²) in [5.74, 6) is 0.807. The number of urea groups is 1. The first-order valence-corrected chi connectivity index (χ1v) is 11.5. The normalized spacial score (nSPS) is 19.4. The van der Waals surface area contributed by atoms with Gasteiger partial charge in [-0.2, -0.15) is 5.26 Å². The molecule has 2 fully saturated rings. The Balaban J connectivity index is 1.57. The number of carbonyl (C=O) groups excluding carboxylic acids is 1. The standard InChI is InChI=1S/C24H31N7O3/c1-16-11-28-22(13-27-16)30-23(32)29-19-8-17(10-25)20(31-6-4-24(2,3)15-31)9-21(19)34-14-18-12-26-5-7-33-18/h8-9,11,13,18,26H,4-7,12,14-15H2,1-3H3,(H2,28,29,30,32)/t18-/m0/s1. The predicted molar refractivity (Wildman–Crippen MR) is 129 cm³/mol. The number of morpholine rings is 1. The number of nitrogens with one attached hydrogen (secondary N) is 3. The van der Waals surface area contributed by atoms with E-state index in [0.29, 0.717) is 42.6 Å². The Labute approximate surface area is 199 Å². The van der Waals surface area contributed by atoms with E-state index in [4.69, 9.17) is 9.47 Å². The summed E-state index contributed by atoms with van der Waals surface area (Å²) >= 11 is 0. The zero-order valence-corrected chi connectivity index (χ0v) is 19.9. The van der Waals surface area contributed by atoms with Gasteiger partial charge in [0.1, 0.15) is 24.5 Å². The second-order valence-corrected chi connectivity index (χ2v) is 9.44. The number of amides is 2. The number of aromatic nitrogens is 2. The molecule has 0 unspecified atom stereocenters. The van der Waals surface area contributed by atoms with Crippen molar-refractivity contribution < 1.29 is 14.3 Å². The monoisotopic (exact) mass is 465 g/mol. The summed E-state index contributed by atoms with van der Waals surface area (Å²) in [5.41, 5.74) is 2.61. The van der Waals surface area contributed by atoms with E-state index < -0.39 is 6.03 Å². The Morgan fingerprint density at radius 3 is 2.85 bits per heavy atom. The lowest BCUT2D eigenvalue weighted by molar-refractivity contribution is 0.000357. The Morgan fingerprint density at radius 2 is 2.21 bits per heavy atom. The van der Waals surface area contributed by atoms with Crippen LogP contribution in [0.3, 0.4) is 0 Å². The molecule has 0 saturated carbocycles. The molecular formula is C24H31N7O3. The highest BCUT2D eigenvalue weighted by molar-refractivity contribution is 6.00. The predicted octanol–water partition coefficient (Wildman–Crippen LogP) is 2.90. The van der Waals surface area contributed by atoms with Crippen LogP contribution in [0.5, 0.6) is 5.75 Å². The first-order chi connectivity index (χ1) is 16.3. The number of carbonyl (C=O) groups is 1. The van der Waals surface area contributed by atoms with Gasteiger partial charge in [0.15, 0.2) is 5.82 Å². The fourth-order valence-corrected chi connectivity index (χ4v) is 4.09. The van der Waals surface area contributed by atoms with E-state index in [2.05, 4.69) is 50.7 Å². The van der Waals surface area contributed by atoms with Crippen LogP contribution in [0.2, 0.25) is 0 Å². The molecule has 34 heavy (non-hydrogen) atoms. The first kappa shape index (κ1) is 23.7. The van der Waals surface area contributed by atoms with E-state index >= 15 is 0 Å². The molecular weight excluding hydrogens is 434 g/mol. The maximum absolute atomic E-state index is 12.7. The molecule has 10 heteroatoms. The largest absolute Gasteiger partial charge is 0.489 e. The average molecular weight is 466 g/mol. The molecule has 3 heterocycles. The molecule has 2 saturated heterocycles. The van der Waals surface area contributed by atoms with Crippen LogP contribution in [0, 0.1) is 23.7 Å². The summed E-state index contributed by atoms with van der Waals surface area (Å²) in [7, 11) is 0. The van der Waals surface area contributed by atoms with Gasteiger partial charge in [-0.1, -0.05) is 13.8 Å². The third-order valence-electron chi connectivity index (χ3n) is 5.94. The van der Waals surface area contributed by atoms with E-state index in [9.17, 15) is 10.1 Å². The first-order valence-electron chi connectivity index (χ1n) is 11.5. The summed E-state index contributed by atoms with van der Waals surface area (Å²) in [6, 6.07) is 5.28. The lowest BCUT2D eigenvalue weighted by atomic mass is 9.93. The number of hydrogen-bond acceptors (Lipinski definition) is 8. The van der Waals surface area contributed by atoms with Gasteiger partial charge in [0.2, 0.25) is 0 Å². The van der Waals surface area contributed by atoms with Crippen LogP contribution in [-0.4, -0.2) is 61.5 Å². The van der Waals surface area contributed by atoms with Gasteiger partial charge in [-0.3, -0.25) is 10.3 Å². The van der Waals surface area contributed by atoms with Crippen LogP contribution in [0.15, 0.2) is 24.5 Å². The van der Waals surface area contributed by atoms with Gasteiger partial charge < -0.3 is 25.0 Å². The van der Waals surface area contributed by atoms with Crippen molar-refractivity contribution in [3.8, 4) is 11.8 Å². The number of benzene rings is 1. The van der Waals surface area contributed by atoms with Crippen LogP contribution in [0.1, 0.15) is 31.5 Å². The van der Waals surface area contributed by atoms with Crippen LogP contribution >= 0.6 is 0 Å². The third kappa shape index (κ3) is 5.92. The lowest BCUT2D eigenvalue weighted by Gasteiger charge is -2.26. The molecule has 0 aliphatic carbocycles. The van der Waals surface area contributed by atoms with E-state index in [-0.39, 0.29) is 11.5 Å². The van der Waals surface area contributed by atoms with Gasteiger partial charge in [0, 0.05) is 32.2 Å². The maximum Gasteiger partial charge on any atom is 0.325 e. The molecule has 1 aromatic carbocycles. The molecule has 2 aliphatic rings. The van der Waals surface area contributed by atoms with Crippen molar-refractivity contribution in [1.82, 2.24) is 15.3 Å². The Bertz CT molecular complexity index is 1060. The molecule has 1 atom stereocenters. The van der Waals surface area contributed by atoms with Gasteiger partial charge in [-0.05, 0) is 24.8 Å². The van der Waals surface area contributed by atoms with Crippen molar-refractivity contribution in [3.63, 3.8) is 0 Å². The smallest absolute Gasteiger partial charge is 0.325 e. The minimum Gasteiger partial charge on any atom is -0.489 e. The molecule has 0 spiro atoms. The maximum atomic E-state index is 12.7. The lowest BCUT2D eigenvalue weighted by Crippen LogP contribution is -2.41. The van der Waals surface area contributed by atoms with Gasteiger partial charge >= 0.3 is 6.03 Å². The van der Waals surface area contributed by atoms with Gasteiger partial charge in [0.05, 0.1) is 41.6 Å². The number of nitriles is 1. The molecule has 0 bridgehead atoms. The summed E-state index contributed by atoms with van der Waals surface area (Å²) in [4.78, 5) is 23.2. The summed E-state index contributed by atoms with van der Waals surface area (Å²) in [5, 5.41) is 18.6. The van der Waals surface area contributed by atoms with E-state index in [1.165, 1.54) is 6.20 Å². The van der Waals surface area contributed by atoms with Crippen LogP contribution in [0.4, 0.5) is 22.0 Å². The van der Waals surface area contributed by atoms with Crippen LogP contribution in [0.25, 0.3) is 0 Å². The zero-order valence-electron chi connectivity index (χ0n) is 19.9. The molecule has 180 valence electrons. The van der Waals surface area contributed by atoms with E-state index in [0.717, 1.165) is 37.4 Å². The SMILES string of the molecule is Cc1cnc(NC(=O)Nc2cc(C#N)c(N3CCC(C)(C)C3)cc2OC[C@@H]2CNCCO2)cn1. The van der Waals surface area contributed by atoms with Gasteiger partial charge in [-0.15, -0.1) is 0 Å². The molecule has 2 aliphatic heterocycles. The van der Waals surface area contributed by atoms with Crippen molar-refractivity contribution in [3.05, 3.63) is 35.8 Å². The van der Waals surface area contributed by atoms with E-state index in [1.54, 1.807) is 12.3 Å². The van der Waals surface area contributed by atoms with Crippen molar-refractivity contribution in [2.75, 3.05) is 54.9 Å². The Hall–Kier alpha value is -3.42. The number of nitrogens with zero attached hydrogens (tertiary/aromatic N) is 4. The topological polar surface area (TPSA) is 124 Å². The molecule has 2 aromatic rings. The third-order valence-corrected chi connectivity index (χ3v) is 5.94. The van der Waals surface area contributed by atoms with Gasteiger partial charge in [-0.25, -0.2) is 9.78 Å². The highest BCUT2D eigenvalue weighted by atomic mass is 16.5. The van der Waals surface area contributed by atoms with Gasteiger partial charge in [0.25, 0.3) is 0 Å². The number of hydrogen-bond donors (Lipinski definition) is 3. The van der Waals surface area contributed by atoms with Crippen molar-refractivity contribution >= 4 is 23.2 Å². The number of anilines is 3. The minimum absolute atomic E-state index is 0.0944. The number of rotatable bonds is 6. The second-order valence-electron chi connectivity index (χ2n) is 9.44. The zero-order chi connectivity index (χ0) is 24.1. The molecule has 3 N–H and O–H groups in total. The highest BCUT2D eigenvalue weighted by Crippen LogP contribution is 2.39. The Kier molecular flexibility index (Phi) is 7.14. The van der Waals surface area contributed by atoms with Crippen molar-refractivity contribution in [1.29, 1.82) is 5.26 Å². The van der Waals surface area contributed by atoms with E-state index in [1.807, 2.05) is 13.0 Å². The van der Waals surface area contributed by atoms with Crippen LogP contribution < -0.4 is 25.6 Å². The fraction of sp³-hybridized carbons (Fsp3) is 0.500. The number of ether oxygens (including phenoxy) is 2. The average Bonchev–Trinajstić information content (AvgIpc) is 3.19. The highest BCUT2D eigenvalue weighted by Gasteiger charge is 2.31. The van der Waals surface area contributed by atoms with Crippen molar-refractivity contribution in [2.45, 2.75) is 33.3 Å². The summed E-state index contributed by atoms with van der Waals surface area (Å²) < 4.78 is 11.9. The summed E-state index contributed by atoms with van der Waals surface area (Å²) in [6.07, 6.45) is 4.00. The van der Waals surface area contributed by atoms with Crippen LogP contribution in [-0.2, 0) is 4.74 Å². The summed E-state index contributed by atoms with van der Waals surface area (Å²) in [6.45, 7) is 10.4. The molecule has 4 rings (SSSR count). The minimum atomic E-state index is -0.502. The fourth-order valence-electron chi connectivity index (χ4n) is 4.09.